The van der Waals surface area contributed by atoms with Crippen molar-refractivity contribution in [2.45, 2.75) is 13.0 Å². The molecular weight excluding hydrogens is 264 g/mol. The van der Waals surface area contributed by atoms with E-state index >= 15 is 0 Å². The van der Waals surface area contributed by atoms with E-state index in [-0.39, 0.29) is 11.7 Å². The molecule has 1 rings (SSSR count). The molecule has 0 aliphatic heterocycles. The first-order chi connectivity index (χ1) is 8.76. The van der Waals surface area contributed by atoms with Gasteiger partial charge in [0, 0.05) is 24.1 Å². The van der Waals surface area contributed by atoms with E-state index in [9.17, 15) is 13.2 Å². The highest BCUT2D eigenvalue weighted by Gasteiger charge is 2.11. The van der Waals surface area contributed by atoms with Crippen LogP contribution in [0.3, 0.4) is 0 Å². The summed E-state index contributed by atoms with van der Waals surface area (Å²) in [6, 6.07) is 6.64. The molecule has 1 aromatic rings. The fraction of sp³-hybridized carbons (Fsp3) is 0.308. The maximum Gasteiger partial charge on any atom is 0.244 e. The molecule has 0 spiro atoms. The zero-order chi connectivity index (χ0) is 14.5. The first-order valence-electron chi connectivity index (χ1n) is 5.78. The quantitative estimate of drug-likeness (QED) is 0.618. The lowest BCUT2D eigenvalue weighted by Gasteiger charge is -2.10. The van der Waals surface area contributed by atoms with E-state index in [0.717, 1.165) is 11.8 Å². The lowest BCUT2D eigenvalue weighted by atomic mass is 10.2. The topological polar surface area (TPSA) is 89.3 Å². The lowest BCUT2D eigenvalue weighted by molar-refractivity contribution is -0.116. The van der Waals surface area contributed by atoms with Crippen LogP contribution in [0.2, 0.25) is 0 Å². The fourth-order valence-corrected chi connectivity index (χ4v) is 2.56. The van der Waals surface area contributed by atoms with Gasteiger partial charge in [0.25, 0.3) is 0 Å². The Hall–Kier alpha value is -1.82. The van der Waals surface area contributed by atoms with Crippen LogP contribution in [0.25, 0.3) is 6.08 Å². The number of hydrogen-bond donors (Lipinski definition) is 2. The number of benzene rings is 1. The van der Waals surface area contributed by atoms with Crippen LogP contribution in [0.5, 0.6) is 0 Å². The van der Waals surface area contributed by atoms with Gasteiger partial charge in [-0.2, -0.15) is 0 Å². The summed E-state index contributed by atoms with van der Waals surface area (Å²) in [6.07, 6.45) is 4.14. The summed E-state index contributed by atoms with van der Waals surface area (Å²) in [6.45, 7) is 1.65. The molecule has 0 bridgehead atoms. The molecule has 6 heteroatoms. The molecule has 0 radical (unpaired) electrons. The highest BCUT2D eigenvalue weighted by molar-refractivity contribution is 7.90. The van der Waals surface area contributed by atoms with Gasteiger partial charge < -0.3 is 11.1 Å². The number of rotatable bonds is 5. The van der Waals surface area contributed by atoms with E-state index in [1.165, 1.54) is 6.08 Å². The molecule has 0 fully saturated rings. The van der Waals surface area contributed by atoms with Crippen molar-refractivity contribution >= 4 is 27.5 Å². The van der Waals surface area contributed by atoms with Crippen molar-refractivity contribution in [3.8, 4) is 0 Å². The van der Waals surface area contributed by atoms with Crippen LogP contribution in [0.4, 0.5) is 5.69 Å². The first-order valence-corrected chi connectivity index (χ1v) is 7.84. The highest BCUT2D eigenvalue weighted by Crippen LogP contribution is 2.06. The van der Waals surface area contributed by atoms with E-state index in [2.05, 4.69) is 5.32 Å². The molecule has 104 valence electrons. The molecule has 1 atom stereocenters. The molecule has 19 heavy (non-hydrogen) atoms. The lowest BCUT2D eigenvalue weighted by Crippen LogP contribution is -2.36. The number of nitrogens with two attached hydrogens (primary N) is 1. The second-order valence-corrected chi connectivity index (χ2v) is 6.69. The second kappa shape index (κ2) is 6.38. The minimum absolute atomic E-state index is 0.0749. The molecule has 0 saturated heterocycles. The predicted octanol–water partition coefficient (Wildman–Crippen LogP) is 0.831. The molecule has 0 saturated carbocycles. The minimum atomic E-state index is -3.09. The summed E-state index contributed by atoms with van der Waals surface area (Å²) in [5.74, 6) is -0.401. The Morgan fingerprint density at radius 1 is 1.37 bits per heavy atom. The largest absolute Gasteiger partial charge is 0.399 e. The first kappa shape index (κ1) is 15.2. The summed E-state index contributed by atoms with van der Waals surface area (Å²) >= 11 is 0. The molecule has 1 amide bonds. The standard InChI is InChI=1S/C13H18N2O3S/c1-10(9-19(2,17)18)15-13(16)8-5-11-3-6-12(14)7-4-11/h3-8,10H,9,14H2,1-2H3,(H,15,16)/b8-5+. The monoisotopic (exact) mass is 282 g/mol. The van der Waals surface area contributed by atoms with Crippen LogP contribution in [0.15, 0.2) is 30.3 Å². The Bertz CT molecular complexity index is 562. The van der Waals surface area contributed by atoms with E-state index in [0.29, 0.717) is 5.69 Å². The average Bonchev–Trinajstić information content (AvgIpc) is 2.25. The predicted molar refractivity (Wildman–Crippen MR) is 77.2 cm³/mol. The maximum atomic E-state index is 11.6. The smallest absolute Gasteiger partial charge is 0.244 e. The molecule has 1 aromatic carbocycles. The highest BCUT2D eigenvalue weighted by atomic mass is 32.2. The van der Waals surface area contributed by atoms with Crippen molar-refractivity contribution in [3.63, 3.8) is 0 Å². The van der Waals surface area contributed by atoms with Crippen LogP contribution in [0, 0.1) is 0 Å². The van der Waals surface area contributed by atoms with E-state index in [1.807, 2.05) is 0 Å². The van der Waals surface area contributed by atoms with Gasteiger partial charge >= 0.3 is 0 Å². The van der Waals surface area contributed by atoms with Crippen LogP contribution in [0.1, 0.15) is 12.5 Å². The molecule has 0 heterocycles. The SMILES string of the molecule is CC(CS(C)(=O)=O)NC(=O)/C=C/c1ccc(N)cc1. The van der Waals surface area contributed by atoms with Crippen LogP contribution in [-0.4, -0.2) is 32.4 Å². The van der Waals surface area contributed by atoms with Gasteiger partial charge in [0.2, 0.25) is 5.91 Å². The van der Waals surface area contributed by atoms with Crippen molar-refractivity contribution in [2.24, 2.45) is 0 Å². The zero-order valence-corrected chi connectivity index (χ0v) is 11.8. The summed E-state index contributed by atoms with van der Waals surface area (Å²) < 4.78 is 22.1. The maximum absolute atomic E-state index is 11.6. The van der Waals surface area contributed by atoms with E-state index in [1.54, 1.807) is 37.3 Å². The van der Waals surface area contributed by atoms with Gasteiger partial charge in [-0.3, -0.25) is 4.79 Å². The van der Waals surface area contributed by atoms with Crippen LogP contribution in [-0.2, 0) is 14.6 Å². The summed E-state index contributed by atoms with van der Waals surface area (Å²) in [4.78, 5) is 11.6. The Labute approximate surface area is 113 Å². The second-order valence-electron chi connectivity index (χ2n) is 4.50. The third kappa shape index (κ3) is 6.61. The van der Waals surface area contributed by atoms with Crippen molar-refractivity contribution in [3.05, 3.63) is 35.9 Å². The molecule has 0 aromatic heterocycles. The van der Waals surface area contributed by atoms with Gasteiger partial charge in [-0.15, -0.1) is 0 Å². The zero-order valence-electron chi connectivity index (χ0n) is 11.0. The number of nitrogen functional groups attached to an aromatic ring is 1. The van der Waals surface area contributed by atoms with Crippen molar-refractivity contribution in [2.75, 3.05) is 17.7 Å². The molecule has 0 aliphatic carbocycles. The molecule has 3 N–H and O–H groups in total. The normalized spacial score (nSPS) is 13.4. The third-order valence-electron chi connectivity index (χ3n) is 2.31. The van der Waals surface area contributed by atoms with Gasteiger partial charge in [-0.1, -0.05) is 12.1 Å². The van der Waals surface area contributed by atoms with Crippen molar-refractivity contribution in [1.29, 1.82) is 0 Å². The van der Waals surface area contributed by atoms with Gasteiger partial charge in [-0.05, 0) is 30.7 Å². The van der Waals surface area contributed by atoms with Crippen LogP contribution >= 0.6 is 0 Å². The summed E-state index contributed by atoms with van der Waals surface area (Å²) in [5, 5.41) is 2.59. The Morgan fingerprint density at radius 2 is 1.95 bits per heavy atom. The number of amides is 1. The Kier molecular flexibility index (Phi) is 5.11. The van der Waals surface area contributed by atoms with E-state index in [4.69, 9.17) is 5.73 Å². The molecule has 1 unspecified atom stereocenters. The fourth-order valence-electron chi connectivity index (χ4n) is 1.57. The Balaban J connectivity index is 2.53. The summed E-state index contributed by atoms with van der Waals surface area (Å²) in [5.41, 5.74) is 7.05. The number of nitrogens with one attached hydrogen (secondary N) is 1. The minimum Gasteiger partial charge on any atom is -0.399 e. The number of carbonyl (C=O) groups excluding carboxylic acids is 1. The van der Waals surface area contributed by atoms with Gasteiger partial charge in [-0.25, -0.2) is 8.42 Å². The third-order valence-corrected chi connectivity index (χ3v) is 3.41. The molecular formula is C13H18N2O3S. The van der Waals surface area contributed by atoms with Crippen molar-refractivity contribution < 1.29 is 13.2 Å². The van der Waals surface area contributed by atoms with Crippen molar-refractivity contribution in [1.82, 2.24) is 5.32 Å². The average molecular weight is 282 g/mol. The Morgan fingerprint density at radius 3 is 2.47 bits per heavy atom. The van der Waals surface area contributed by atoms with Gasteiger partial charge in [0.15, 0.2) is 0 Å². The number of hydrogen-bond acceptors (Lipinski definition) is 4. The van der Waals surface area contributed by atoms with Gasteiger partial charge in [0.1, 0.15) is 9.84 Å². The van der Waals surface area contributed by atoms with Crippen LogP contribution < -0.4 is 11.1 Å². The number of anilines is 1. The number of carbonyl (C=O) groups is 1. The summed E-state index contributed by atoms with van der Waals surface area (Å²) in [7, 11) is -3.09. The molecule has 0 aliphatic rings. The molecule has 5 nitrogen and oxygen atoms in total. The van der Waals surface area contributed by atoms with E-state index < -0.39 is 15.9 Å². The van der Waals surface area contributed by atoms with Gasteiger partial charge in [0.05, 0.1) is 5.75 Å². The number of sulfone groups is 1.